The molecule has 1 fully saturated rings. The van der Waals surface area contributed by atoms with Gasteiger partial charge in [0.15, 0.2) is 6.04 Å². The van der Waals surface area contributed by atoms with Crippen LogP contribution < -0.4 is 9.80 Å². The summed E-state index contributed by atoms with van der Waals surface area (Å²) in [5, 5.41) is 0.714. The van der Waals surface area contributed by atoms with E-state index in [9.17, 15) is 9.59 Å². The van der Waals surface area contributed by atoms with Gasteiger partial charge in [-0.25, -0.2) is 4.90 Å². The summed E-state index contributed by atoms with van der Waals surface area (Å²) < 4.78 is 0. The third-order valence-electron chi connectivity index (χ3n) is 4.23. The zero-order valence-electron chi connectivity index (χ0n) is 13.1. The molecule has 1 N–H and O–H groups in total. The van der Waals surface area contributed by atoms with E-state index in [4.69, 9.17) is 23.2 Å². The molecule has 1 aliphatic heterocycles. The highest BCUT2D eigenvalue weighted by Crippen LogP contribution is 2.29. The molecule has 0 spiro atoms. The molecule has 2 amide bonds. The Morgan fingerprint density at radius 3 is 2.46 bits per heavy atom. The minimum atomic E-state index is -0.396. The molecule has 124 valence electrons. The predicted octanol–water partition coefficient (Wildman–Crippen LogP) is 2.34. The molecule has 1 unspecified atom stereocenters. The third kappa shape index (κ3) is 3.31. The van der Waals surface area contributed by atoms with Gasteiger partial charge in [0.1, 0.15) is 6.54 Å². The number of imide groups is 1. The van der Waals surface area contributed by atoms with E-state index in [0.29, 0.717) is 22.3 Å². The first-order valence-electron chi connectivity index (χ1n) is 7.65. The largest absolute Gasteiger partial charge is 0.323 e. The molecule has 0 radical (unpaired) electrons. The fourth-order valence-corrected chi connectivity index (χ4v) is 3.25. The number of quaternary nitrogens is 1. The van der Waals surface area contributed by atoms with Crippen molar-refractivity contribution in [2.24, 2.45) is 0 Å². The van der Waals surface area contributed by atoms with Crippen LogP contribution in [0.1, 0.15) is 12.0 Å². The summed E-state index contributed by atoms with van der Waals surface area (Å²) in [6.07, 6.45) is 0.192. The van der Waals surface area contributed by atoms with Crippen molar-refractivity contribution in [1.82, 2.24) is 0 Å². The molecular formula is C18H17Cl2N2O2+. The Kier molecular flexibility index (Phi) is 4.90. The van der Waals surface area contributed by atoms with Crippen LogP contribution in [0.5, 0.6) is 0 Å². The monoisotopic (exact) mass is 363 g/mol. The second-order valence-electron chi connectivity index (χ2n) is 5.93. The van der Waals surface area contributed by atoms with Crippen molar-refractivity contribution in [3.8, 4) is 0 Å². The average molecular weight is 364 g/mol. The minimum absolute atomic E-state index is 0.192. The predicted molar refractivity (Wildman–Crippen MR) is 94.4 cm³/mol. The molecule has 24 heavy (non-hydrogen) atoms. The normalized spacial score (nSPS) is 19.0. The molecule has 0 bridgehead atoms. The highest BCUT2D eigenvalue weighted by Gasteiger charge is 2.44. The van der Waals surface area contributed by atoms with Gasteiger partial charge in [0.05, 0.1) is 29.2 Å². The number of halogens is 2. The van der Waals surface area contributed by atoms with Crippen LogP contribution in [0.2, 0.25) is 10.0 Å². The van der Waals surface area contributed by atoms with E-state index in [0.717, 1.165) is 10.5 Å². The van der Waals surface area contributed by atoms with Crippen LogP contribution >= 0.6 is 23.2 Å². The Morgan fingerprint density at radius 1 is 1.08 bits per heavy atom. The first-order chi connectivity index (χ1) is 11.5. The summed E-state index contributed by atoms with van der Waals surface area (Å²) in [7, 11) is 1.93. The maximum atomic E-state index is 12.8. The second-order valence-corrected chi connectivity index (χ2v) is 6.75. The highest BCUT2D eigenvalue weighted by molar-refractivity contribution is 6.42. The Morgan fingerprint density at radius 2 is 1.79 bits per heavy atom. The van der Waals surface area contributed by atoms with Gasteiger partial charge in [-0.3, -0.25) is 9.59 Å². The summed E-state index contributed by atoms with van der Waals surface area (Å²) in [6.45, 7) is 0.680. The lowest BCUT2D eigenvalue weighted by molar-refractivity contribution is -0.908. The summed E-state index contributed by atoms with van der Waals surface area (Å²) in [6, 6.07) is 14.3. The Balaban J connectivity index is 1.79. The van der Waals surface area contributed by atoms with Crippen LogP contribution in [0, 0.1) is 0 Å². The van der Waals surface area contributed by atoms with Crippen molar-refractivity contribution >= 4 is 40.7 Å². The molecule has 3 rings (SSSR count). The van der Waals surface area contributed by atoms with E-state index < -0.39 is 6.04 Å². The lowest BCUT2D eigenvalue weighted by Crippen LogP contribution is -3.12. The van der Waals surface area contributed by atoms with Crippen molar-refractivity contribution < 1.29 is 14.5 Å². The van der Waals surface area contributed by atoms with Gasteiger partial charge in [-0.1, -0.05) is 53.5 Å². The number of benzene rings is 2. The maximum absolute atomic E-state index is 12.8. The Labute approximate surface area is 150 Å². The molecule has 4 nitrogen and oxygen atoms in total. The molecule has 6 heteroatoms. The van der Waals surface area contributed by atoms with E-state index in [-0.39, 0.29) is 18.2 Å². The van der Waals surface area contributed by atoms with Crippen LogP contribution in [0.15, 0.2) is 48.5 Å². The van der Waals surface area contributed by atoms with Crippen molar-refractivity contribution in [2.45, 2.75) is 19.0 Å². The minimum Gasteiger partial charge on any atom is -0.323 e. The van der Waals surface area contributed by atoms with Crippen LogP contribution in [0.3, 0.4) is 0 Å². The zero-order chi connectivity index (χ0) is 17.3. The number of nitrogens with zero attached hydrogens (tertiary/aromatic N) is 1. The van der Waals surface area contributed by atoms with E-state index in [1.807, 2.05) is 37.4 Å². The summed E-state index contributed by atoms with van der Waals surface area (Å²) in [5.74, 6) is -0.414. The molecule has 2 atom stereocenters. The fraction of sp³-hybridized carbons (Fsp3) is 0.222. The first kappa shape index (κ1) is 17.0. The topological polar surface area (TPSA) is 41.8 Å². The molecule has 0 aromatic heterocycles. The highest BCUT2D eigenvalue weighted by atomic mass is 35.5. The van der Waals surface area contributed by atoms with Gasteiger partial charge in [-0.15, -0.1) is 0 Å². The number of hydrogen-bond donors (Lipinski definition) is 1. The summed E-state index contributed by atoms with van der Waals surface area (Å²) in [5.41, 5.74) is 1.60. The Hall–Kier alpha value is -1.88. The second kappa shape index (κ2) is 6.93. The third-order valence-corrected chi connectivity index (χ3v) is 4.97. The van der Waals surface area contributed by atoms with Gasteiger partial charge in [0.2, 0.25) is 5.91 Å². The van der Waals surface area contributed by atoms with E-state index in [1.54, 1.807) is 18.2 Å². The van der Waals surface area contributed by atoms with Crippen molar-refractivity contribution in [3.05, 3.63) is 64.1 Å². The van der Waals surface area contributed by atoms with Crippen molar-refractivity contribution in [2.75, 3.05) is 11.9 Å². The van der Waals surface area contributed by atoms with Crippen molar-refractivity contribution in [1.29, 1.82) is 0 Å². The molecule has 1 heterocycles. The molecule has 2 aromatic carbocycles. The first-order valence-corrected chi connectivity index (χ1v) is 8.41. The number of likely N-dealkylation sites (N-methyl/N-ethyl adjacent to an activating group) is 1. The van der Waals surface area contributed by atoms with Gasteiger partial charge >= 0.3 is 0 Å². The molecule has 2 aromatic rings. The van der Waals surface area contributed by atoms with Crippen LogP contribution in [0.25, 0.3) is 0 Å². The van der Waals surface area contributed by atoms with Crippen molar-refractivity contribution in [3.63, 3.8) is 0 Å². The Bertz CT molecular complexity index is 780. The molecular weight excluding hydrogens is 347 g/mol. The van der Waals surface area contributed by atoms with Crippen LogP contribution in [0.4, 0.5) is 5.69 Å². The quantitative estimate of drug-likeness (QED) is 0.847. The summed E-state index contributed by atoms with van der Waals surface area (Å²) >= 11 is 11.9. The van der Waals surface area contributed by atoms with E-state index in [2.05, 4.69) is 0 Å². The van der Waals surface area contributed by atoms with E-state index in [1.165, 1.54) is 4.90 Å². The van der Waals surface area contributed by atoms with E-state index >= 15 is 0 Å². The van der Waals surface area contributed by atoms with Gasteiger partial charge < -0.3 is 4.90 Å². The number of carbonyl (C=O) groups excluding carboxylic acids is 2. The fourth-order valence-electron chi connectivity index (χ4n) is 2.95. The smallest absolute Gasteiger partial charge is 0.292 e. The number of amides is 2. The average Bonchev–Trinajstić information content (AvgIpc) is 2.86. The number of hydrogen-bond acceptors (Lipinski definition) is 2. The lowest BCUT2D eigenvalue weighted by Gasteiger charge is -2.20. The molecule has 0 saturated carbocycles. The zero-order valence-corrected chi connectivity index (χ0v) is 14.6. The van der Waals surface area contributed by atoms with Gasteiger partial charge in [-0.05, 0) is 18.2 Å². The lowest BCUT2D eigenvalue weighted by atomic mass is 10.1. The number of anilines is 1. The molecule has 0 aliphatic carbocycles. The van der Waals surface area contributed by atoms with Gasteiger partial charge in [-0.2, -0.15) is 0 Å². The van der Waals surface area contributed by atoms with Gasteiger partial charge in [0, 0.05) is 5.56 Å². The number of nitrogens with one attached hydrogen (secondary N) is 1. The number of carbonyl (C=O) groups is 2. The standard InChI is InChI=1S/C18H16Cl2N2O2/c1-21(11-12-5-3-2-4-6-12)16-10-17(23)22(18(16)24)13-7-8-14(19)15(20)9-13/h2-9,16H,10-11H2,1H3/p+1/t16-/m1/s1. The SMILES string of the molecule is C[NH+](Cc1ccccc1)[C@@H]1CC(=O)N(c2ccc(Cl)c(Cl)c2)C1=O. The molecule has 1 saturated heterocycles. The number of rotatable bonds is 4. The van der Waals surface area contributed by atoms with Gasteiger partial charge in [0.25, 0.3) is 5.91 Å². The molecule has 1 aliphatic rings. The summed E-state index contributed by atoms with van der Waals surface area (Å²) in [4.78, 5) is 27.3. The van der Waals surface area contributed by atoms with Crippen LogP contribution in [-0.2, 0) is 16.1 Å². The maximum Gasteiger partial charge on any atom is 0.292 e. The van der Waals surface area contributed by atoms with Crippen LogP contribution in [-0.4, -0.2) is 24.9 Å².